The van der Waals surface area contributed by atoms with E-state index in [2.05, 4.69) is 23.7 Å². The van der Waals surface area contributed by atoms with Gasteiger partial charge < -0.3 is 14.9 Å². The third-order valence-corrected chi connectivity index (χ3v) is 2.22. The summed E-state index contributed by atoms with van der Waals surface area (Å²) in [5.41, 5.74) is -0.733. The smallest absolute Gasteiger partial charge is 0.134 e. The van der Waals surface area contributed by atoms with E-state index >= 15 is 0 Å². The van der Waals surface area contributed by atoms with E-state index in [1.807, 2.05) is 0 Å². The molecule has 0 aliphatic rings. The first kappa shape index (κ1) is 16.1. The van der Waals surface area contributed by atoms with Crippen molar-refractivity contribution in [3.8, 4) is 29.4 Å². The molecule has 0 saturated heterocycles. The van der Waals surface area contributed by atoms with Crippen LogP contribution in [0.1, 0.15) is 38.8 Å². The predicted octanol–water partition coefficient (Wildman–Crippen LogP) is 1.94. The van der Waals surface area contributed by atoms with Crippen molar-refractivity contribution in [2.45, 2.75) is 38.9 Å². The zero-order valence-electron chi connectivity index (χ0n) is 12.5. The quantitative estimate of drug-likeness (QED) is 0.768. The predicted molar refractivity (Wildman–Crippen MR) is 79.3 cm³/mol. The Morgan fingerprint density at radius 2 is 1.50 bits per heavy atom. The summed E-state index contributed by atoms with van der Waals surface area (Å²) in [5.74, 6) is 11.9. The molecule has 1 rings (SSSR count). The van der Waals surface area contributed by atoms with Crippen molar-refractivity contribution in [2.75, 3.05) is 7.11 Å². The molecule has 0 unspecified atom stereocenters. The molecule has 0 radical (unpaired) electrons. The molecule has 0 heterocycles. The second-order valence-electron chi connectivity index (χ2n) is 5.53. The van der Waals surface area contributed by atoms with Crippen LogP contribution < -0.4 is 4.74 Å². The van der Waals surface area contributed by atoms with Crippen LogP contribution in [-0.4, -0.2) is 28.5 Å². The summed E-state index contributed by atoms with van der Waals surface area (Å²) in [6.45, 7) is 6.48. The molecule has 1 aromatic carbocycles. The molecule has 0 fully saturated rings. The van der Waals surface area contributed by atoms with Gasteiger partial charge in [0.2, 0.25) is 0 Å². The summed E-state index contributed by atoms with van der Waals surface area (Å²) in [7, 11) is 1.56. The molecular weight excluding hydrogens is 252 g/mol. The second-order valence-corrected chi connectivity index (χ2v) is 5.53. The van der Waals surface area contributed by atoms with Crippen LogP contribution in [0.25, 0.3) is 0 Å². The highest BCUT2D eigenvalue weighted by molar-refractivity contribution is 5.52. The number of aliphatic hydroxyl groups is 2. The average molecular weight is 272 g/mol. The summed E-state index contributed by atoms with van der Waals surface area (Å²) < 4.78 is 5.23. The number of hydrogen-bond acceptors (Lipinski definition) is 3. The SMILES string of the molecule is COc1ccc(C#CC(C)(C)O)cc1C#CC(C)(C)O. The number of rotatable bonds is 1. The van der Waals surface area contributed by atoms with Gasteiger partial charge in [0.15, 0.2) is 0 Å². The topological polar surface area (TPSA) is 49.7 Å². The van der Waals surface area contributed by atoms with Gasteiger partial charge >= 0.3 is 0 Å². The lowest BCUT2D eigenvalue weighted by Crippen LogP contribution is -2.14. The molecule has 3 nitrogen and oxygen atoms in total. The summed E-state index contributed by atoms with van der Waals surface area (Å²) >= 11 is 0. The molecule has 0 amide bonds. The summed E-state index contributed by atoms with van der Waals surface area (Å²) in [5, 5.41) is 19.2. The maximum atomic E-state index is 9.65. The van der Waals surface area contributed by atoms with Crippen LogP contribution in [-0.2, 0) is 0 Å². The van der Waals surface area contributed by atoms with Gasteiger partial charge in [-0.2, -0.15) is 0 Å². The van der Waals surface area contributed by atoms with Gasteiger partial charge in [0, 0.05) is 5.56 Å². The Labute approximate surface area is 120 Å². The molecule has 3 heteroatoms. The van der Waals surface area contributed by atoms with Crippen molar-refractivity contribution in [3.05, 3.63) is 29.3 Å². The lowest BCUT2D eigenvalue weighted by atomic mass is 10.1. The molecule has 2 N–H and O–H groups in total. The van der Waals surface area contributed by atoms with Gasteiger partial charge in [-0.1, -0.05) is 23.7 Å². The molecule has 0 atom stereocenters. The Bertz CT molecular complexity index is 594. The van der Waals surface area contributed by atoms with Gasteiger partial charge in [0.25, 0.3) is 0 Å². The van der Waals surface area contributed by atoms with E-state index in [9.17, 15) is 10.2 Å². The van der Waals surface area contributed by atoms with E-state index in [-0.39, 0.29) is 0 Å². The Hall–Kier alpha value is -1.94. The largest absolute Gasteiger partial charge is 0.495 e. The Morgan fingerprint density at radius 3 is 2.00 bits per heavy atom. The van der Waals surface area contributed by atoms with Crippen molar-refractivity contribution in [3.63, 3.8) is 0 Å². The first-order valence-electron chi connectivity index (χ1n) is 6.30. The highest BCUT2D eigenvalue weighted by atomic mass is 16.5. The zero-order chi connectivity index (χ0) is 15.4. The zero-order valence-corrected chi connectivity index (χ0v) is 12.5. The Kier molecular flexibility index (Phi) is 4.84. The fourth-order valence-corrected chi connectivity index (χ4v) is 1.33. The minimum atomic E-state index is -1.07. The molecular formula is C17H20O3. The van der Waals surface area contributed by atoms with Crippen molar-refractivity contribution < 1.29 is 14.9 Å². The van der Waals surface area contributed by atoms with Gasteiger partial charge in [0.05, 0.1) is 12.7 Å². The molecule has 0 spiro atoms. The van der Waals surface area contributed by atoms with Gasteiger partial charge in [0.1, 0.15) is 17.0 Å². The molecule has 20 heavy (non-hydrogen) atoms. The maximum Gasteiger partial charge on any atom is 0.134 e. The number of ether oxygens (including phenoxy) is 1. The normalized spacial score (nSPS) is 10.9. The van der Waals surface area contributed by atoms with E-state index in [0.29, 0.717) is 11.3 Å². The lowest BCUT2D eigenvalue weighted by molar-refractivity contribution is 0.143. The highest BCUT2D eigenvalue weighted by Crippen LogP contribution is 2.19. The average Bonchev–Trinajstić information content (AvgIpc) is 2.32. The number of benzene rings is 1. The monoisotopic (exact) mass is 272 g/mol. The summed E-state index contributed by atoms with van der Waals surface area (Å²) in [6.07, 6.45) is 0. The van der Waals surface area contributed by atoms with Crippen molar-refractivity contribution in [1.29, 1.82) is 0 Å². The van der Waals surface area contributed by atoms with Gasteiger partial charge in [-0.25, -0.2) is 0 Å². The highest BCUT2D eigenvalue weighted by Gasteiger charge is 2.08. The van der Waals surface area contributed by atoms with Crippen LogP contribution in [0, 0.1) is 23.7 Å². The molecule has 0 saturated carbocycles. The van der Waals surface area contributed by atoms with Gasteiger partial charge in [-0.05, 0) is 45.9 Å². The maximum absolute atomic E-state index is 9.65. The summed E-state index contributed by atoms with van der Waals surface area (Å²) in [4.78, 5) is 0. The fourth-order valence-electron chi connectivity index (χ4n) is 1.33. The van der Waals surface area contributed by atoms with E-state index in [4.69, 9.17) is 4.74 Å². The molecule has 0 aromatic heterocycles. The van der Waals surface area contributed by atoms with Crippen LogP contribution in [0.3, 0.4) is 0 Å². The number of hydrogen-bond donors (Lipinski definition) is 2. The molecule has 106 valence electrons. The van der Waals surface area contributed by atoms with Crippen LogP contribution in [0.4, 0.5) is 0 Å². The fraction of sp³-hybridized carbons (Fsp3) is 0.412. The van der Waals surface area contributed by atoms with Crippen LogP contribution in [0.5, 0.6) is 5.75 Å². The first-order valence-corrected chi connectivity index (χ1v) is 6.30. The third-order valence-electron chi connectivity index (χ3n) is 2.22. The van der Waals surface area contributed by atoms with E-state index in [1.54, 1.807) is 53.0 Å². The Balaban J connectivity index is 3.20. The van der Waals surface area contributed by atoms with Gasteiger partial charge in [-0.3, -0.25) is 0 Å². The van der Waals surface area contributed by atoms with Crippen LogP contribution in [0.2, 0.25) is 0 Å². The molecule has 1 aromatic rings. The van der Waals surface area contributed by atoms with E-state index < -0.39 is 11.2 Å². The summed E-state index contributed by atoms with van der Waals surface area (Å²) in [6, 6.07) is 5.34. The van der Waals surface area contributed by atoms with Crippen molar-refractivity contribution in [1.82, 2.24) is 0 Å². The third kappa shape index (κ3) is 5.80. The van der Waals surface area contributed by atoms with Crippen LogP contribution in [0.15, 0.2) is 18.2 Å². The van der Waals surface area contributed by atoms with E-state index in [1.165, 1.54) is 0 Å². The standard InChI is InChI=1S/C17H20O3/c1-16(2,18)10-8-13-6-7-15(20-5)14(12-13)9-11-17(3,4)19/h6-7,12,18-19H,1-5H3. The lowest BCUT2D eigenvalue weighted by Gasteiger charge is -2.08. The second kappa shape index (κ2) is 6.01. The van der Waals surface area contributed by atoms with Gasteiger partial charge in [-0.15, -0.1) is 0 Å². The first-order chi connectivity index (χ1) is 9.11. The molecule has 0 aliphatic heterocycles. The molecule has 0 aliphatic carbocycles. The minimum Gasteiger partial charge on any atom is -0.495 e. The van der Waals surface area contributed by atoms with Crippen LogP contribution >= 0.6 is 0 Å². The van der Waals surface area contributed by atoms with Crippen molar-refractivity contribution >= 4 is 0 Å². The van der Waals surface area contributed by atoms with Crippen molar-refractivity contribution in [2.24, 2.45) is 0 Å². The number of methoxy groups -OCH3 is 1. The minimum absolute atomic E-state index is 0.621. The van der Waals surface area contributed by atoms with E-state index in [0.717, 1.165) is 5.56 Å². The molecule has 0 bridgehead atoms. The Morgan fingerprint density at radius 1 is 0.950 bits per heavy atom.